The molecule has 0 atom stereocenters. The van der Waals surface area contributed by atoms with E-state index in [0.29, 0.717) is 22.3 Å². The van der Waals surface area contributed by atoms with Gasteiger partial charge in [-0.1, -0.05) is 12.1 Å². The molecule has 0 saturated heterocycles. The summed E-state index contributed by atoms with van der Waals surface area (Å²) in [5, 5.41) is 9.95. The molecular formula is C18H18N6O3. The Morgan fingerprint density at radius 3 is 2.81 bits per heavy atom. The molecule has 9 nitrogen and oxygen atoms in total. The predicted octanol–water partition coefficient (Wildman–Crippen LogP) is 0.661. The van der Waals surface area contributed by atoms with Gasteiger partial charge in [0.15, 0.2) is 5.65 Å². The zero-order chi connectivity index (χ0) is 19.0. The minimum absolute atomic E-state index is 0.213. The number of nitrogens with one attached hydrogen (secondary N) is 2. The maximum Gasteiger partial charge on any atom is 0.264 e. The van der Waals surface area contributed by atoms with Crippen molar-refractivity contribution < 1.29 is 9.59 Å². The average molecular weight is 366 g/mol. The largest absolute Gasteiger partial charge is 0.349 e. The third kappa shape index (κ3) is 3.43. The van der Waals surface area contributed by atoms with Crippen molar-refractivity contribution in [3.8, 4) is 0 Å². The smallest absolute Gasteiger partial charge is 0.264 e. The van der Waals surface area contributed by atoms with Crippen molar-refractivity contribution in [3.63, 3.8) is 0 Å². The average Bonchev–Trinajstić information content (AvgIpc) is 3.38. The van der Waals surface area contributed by atoms with Gasteiger partial charge in [0, 0.05) is 13.1 Å². The first-order valence-electron chi connectivity index (χ1n) is 8.60. The van der Waals surface area contributed by atoms with Crippen LogP contribution in [0.1, 0.15) is 23.2 Å². The van der Waals surface area contributed by atoms with Crippen molar-refractivity contribution in [1.29, 1.82) is 0 Å². The van der Waals surface area contributed by atoms with E-state index in [2.05, 4.69) is 20.7 Å². The molecule has 2 amide bonds. The van der Waals surface area contributed by atoms with Crippen molar-refractivity contribution in [2.75, 3.05) is 5.32 Å². The topological polar surface area (TPSA) is 111 Å². The van der Waals surface area contributed by atoms with Crippen LogP contribution in [0.3, 0.4) is 0 Å². The van der Waals surface area contributed by atoms with Gasteiger partial charge in [-0.2, -0.15) is 5.10 Å². The lowest BCUT2D eigenvalue weighted by Crippen LogP contribution is -2.30. The zero-order valence-electron chi connectivity index (χ0n) is 14.7. The second-order valence-corrected chi connectivity index (χ2v) is 6.52. The van der Waals surface area contributed by atoms with Gasteiger partial charge in [0.25, 0.3) is 11.5 Å². The Labute approximate surface area is 154 Å². The zero-order valence-corrected chi connectivity index (χ0v) is 14.7. The van der Waals surface area contributed by atoms with Crippen LogP contribution >= 0.6 is 0 Å². The molecule has 1 fully saturated rings. The molecule has 0 aliphatic heterocycles. The summed E-state index contributed by atoms with van der Waals surface area (Å²) in [6, 6.07) is 7.01. The Kier molecular flexibility index (Phi) is 4.19. The number of fused-ring (bicyclic) bond motifs is 1. The minimum Gasteiger partial charge on any atom is -0.349 e. The fraction of sp³-hybridized carbons (Fsp3) is 0.278. The van der Waals surface area contributed by atoms with Crippen molar-refractivity contribution in [2.45, 2.75) is 25.4 Å². The third-order valence-electron chi connectivity index (χ3n) is 4.39. The van der Waals surface area contributed by atoms with Crippen LogP contribution in [0.2, 0.25) is 0 Å². The number of anilines is 1. The maximum absolute atomic E-state index is 12.5. The Hall–Kier alpha value is -3.49. The summed E-state index contributed by atoms with van der Waals surface area (Å²) in [6.07, 6.45) is 4.70. The predicted molar refractivity (Wildman–Crippen MR) is 98.3 cm³/mol. The lowest BCUT2D eigenvalue weighted by atomic mass is 10.1. The van der Waals surface area contributed by atoms with Crippen LogP contribution in [-0.4, -0.2) is 37.2 Å². The summed E-state index contributed by atoms with van der Waals surface area (Å²) >= 11 is 0. The van der Waals surface area contributed by atoms with E-state index in [1.54, 1.807) is 31.3 Å². The van der Waals surface area contributed by atoms with E-state index >= 15 is 0 Å². The van der Waals surface area contributed by atoms with Crippen LogP contribution in [0.4, 0.5) is 5.69 Å². The van der Waals surface area contributed by atoms with Gasteiger partial charge in [0.05, 0.1) is 17.4 Å². The molecule has 2 aromatic heterocycles. The minimum atomic E-state index is -0.422. The standard InChI is InChI=1S/C18H18N6O3/c1-23-16-13(8-20-23)18(27)24(10-19-16)9-15(25)22-14-5-3-2-4-12(14)17(26)21-11-6-7-11/h2-5,8,10-11H,6-7,9H2,1H3,(H,21,26)(H,22,25). The normalized spacial score (nSPS) is 13.5. The summed E-state index contributed by atoms with van der Waals surface area (Å²) in [7, 11) is 1.69. The van der Waals surface area contributed by atoms with E-state index in [0.717, 1.165) is 12.8 Å². The second-order valence-electron chi connectivity index (χ2n) is 6.52. The Morgan fingerprint density at radius 1 is 1.26 bits per heavy atom. The molecule has 0 spiro atoms. The molecule has 2 heterocycles. The second kappa shape index (κ2) is 6.67. The molecular weight excluding hydrogens is 348 g/mol. The molecule has 2 N–H and O–H groups in total. The van der Waals surface area contributed by atoms with E-state index in [1.807, 2.05) is 0 Å². The summed E-state index contributed by atoms with van der Waals surface area (Å²) in [5.74, 6) is -0.641. The van der Waals surface area contributed by atoms with Gasteiger partial charge in [0.1, 0.15) is 18.3 Å². The number of para-hydroxylation sites is 1. The first kappa shape index (κ1) is 17.0. The lowest BCUT2D eigenvalue weighted by molar-refractivity contribution is -0.116. The summed E-state index contributed by atoms with van der Waals surface area (Å²) in [4.78, 5) is 41.4. The van der Waals surface area contributed by atoms with E-state index in [-0.39, 0.29) is 24.1 Å². The molecule has 4 rings (SSSR count). The first-order chi connectivity index (χ1) is 13.0. The van der Waals surface area contributed by atoms with Crippen molar-refractivity contribution >= 4 is 28.5 Å². The van der Waals surface area contributed by atoms with Crippen LogP contribution in [0.15, 0.2) is 41.6 Å². The molecule has 3 aromatic rings. The van der Waals surface area contributed by atoms with Gasteiger partial charge < -0.3 is 10.6 Å². The molecule has 0 bridgehead atoms. The van der Waals surface area contributed by atoms with Gasteiger partial charge in [-0.05, 0) is 25.0 Å². The van der Waals surface area contributed by atoms with E-state index in [9.17, 15) is 14.4 Å². The molecule has 1 aliphatic rings. The van der Waals surface area contributed by atoms with Gasteiger partial charge in [-0.15, -0.1) is 0 Å². The lowest BCUT2D eigenvalue weighted by Gasteiger charge is -2.12. The number of benzene rings is 1. The number of carbonyl (C=O) groups excluding carboxylic acids is 2. The number of carbonyl (C=O) groups is 2. The Bertz CT molecular complexity index is 1100. The maximum atomic E-state index is 12.5. The first-order valence-corrected chi connectivity index (χ1v) is 8.60. The van der Waals surface area contributed by atoms with E-state index < -0.39 is 5.91 Å². The monoisotopic (exact) mass is 366 g/mol. The highest BCUT2D eigenvalue weighted by atomic mass is 16.2. The number of hydrogen-bond donors (Lipinski definition) is 2. The Balaban J connectivity index is 1.52. The highest BCUT2D eigenvalue weighted by Gasteiger charge is 2.25. The molecule has 1 saturated carbocycles. The molecule has 1 aliphatic carbocycles. The van der Waals surface area contributed by atoms with Crippen molar-refractivity contribution in [3.05, 3.63) is 52.7 Å². The fourth-order valence-electron chi connectivity index (χ4n) is 2.80. The quantitative estimate of drug-likeness (QED) is 0.689. The van der Waals surface area contributed by atoms with Crippen LogP contribution in [0.5, 0.6) is 0 Å². The summed E-state index contributed by atoms with van der Waals surface area (Å²) in [5.41, 5.74) is 0.914. The molecule has 27 heavy (non-hydrogen) atoms. The fourth-order valence-corrected chi connectivity index (χ4v) is 2.80. The number of rotatable bonds is 5. The SMILES string of the molecule is Cn1ncc2c(=O)n(CC(=O)Nc3ccccc3C(=O)NC3CC3)cnc21. The van der Waals surface area contributed by atoms with Gasteiger partial charge in [-0.25, -0.2) is 4.98 Å². The van der Waals surface area contributed by atoms with Crippen LogP contribution in [-0.2, 0) is 18.4 Å². The van der Waals surface area contributed by atoms with Gasteiger partial charge >= 0.3 is 0 Å². The highest BCUT2D eigenvalue weighted by molar-refractivity contribution is 6.03. The summed E-state index contributed by atoms with van der Waals surface area (Å²) < 4.78 is 2.71. The number of aryl methyl sites for hydroxylation is 1. The third-order valence-corrected chi connectivity index (χ3v) is 4.39. The molecule has 0 radical (unpaired) electrons. The number of hydrogen-bond acceptors (Lipinski definition) is 5. The summed E-state index contributed by atoms with van der Waals surface area (Å²) in [6.45, 7) is -0.213. The van der Waals surface area contributed by atoms with Crippen LogP contribution < -0.4 is 16.2 Å². The van der Waals surface area contributed by atoms with E-state index in [1.165, 1.54) is 21.8 Å². The molecule has 9 heteroatoms. The van der Waals surface area contributed by atoms with Crippen LogP contribution in [0, 0.1) is 0 Å². The molecule has 138 valence electrons. The highest BCUT2D eigenvalue weighted by Crippen LogP contribution is 2.21. The molecule has 0 unspecified atom stereocenters. The number of amides is 2. The van der Waals surface area contributed by atoms with Crippen molar-refractivity contribution in [2.24, 2.45) is 7.05 Å². The number of aromatic nitrogens is 4. The van der Waals surface area contributed by atoms with Gasteiger partial charge in [-0.3, -0.25) is 23.6 Å². The van der Waals surface area contributed by atoms with Crippen molar-refractivity contribution in [1.82, 2.24) is 24.6 Å². The Morgan fingerprint density at radius 2 is 2.04 bits per heavy atom. The molecule has 1 aromatic carbocycles. The van der Waals surface area contributed by atoms with E-state index in [4.69, 9.17) is 0 Å². The van der Waals surface area contributed by atoms with Crippen LogP contribution in [0.25, 0.3) is 11.0 Å². The van der Waals surface area contributed by atoms with Gasteiger partial charge in [0.2, 0.25) is 5.91 Å². The number of nitrogens with zero attached hydrogens (tertiary/aromatic N) is 4.